The molecule has 0 bridgehead atoms. The highest BCUT2D eigenvalue weighted by Gasteiger charge is 2.37. The molecule has 2 fully saturated rings. The van der Waals surface area contributed by atoms with E-state index in [0.29, 0.717) is 0 Å². The molecule has 0 N–H and O–H groups in total. The van der Waals surface area contributed by atoms with Gasteiger partial charge >= 0.3 is 0 Å². The van der Waals surface area contributed by atoms with Gasteiger partial charge in [-0.25, -0.2) is 0 Å². The molecule has 2 saturated heterocycles. The zero-order valence-corrected chi connectivity index (χ0v) is 16.4. The Bertz CT molecular complexity index is 831. The van der Waals surface area contributed by atoms with Gasteiger partial charge in [0.15, 0.2) is 5.78 Å². The van der Waals surface area contributed by atoms with Crippen LogP contribution in [0.4, 0.5) is 11.4 Å². The van der Waals surface area contributed by atoms with Crippen LogP contribution >= 0.6 is 0 Å². The molecular weight excluding hydrogens is 332 g/mol. The minimum atomic E-state index is -0.163. The van der Waals surface area contributed by atoms with Crippen molar-refractivity contribution >= 4 is 17.2 Å². The van der Waals surface area contributed by atoms with Gasteiger partial charge in [-0.05, 0) is 73.2 Å². The van der Waals surface area contributed by atoms with Crippen molar-refractivity contribution in [1.29, 1.82) is 0 Å². The molecule has 0 amide bonds. The summed E-state index contributed by atoms with van der Waals surface area (Å²) in [6, 6.07) is 13.0. The Hall–Kier alpha value is -2.29. The van der Waals surface area contributed by atoms with E-state index in [1.54, 1.807) is 0 Å². The molecule has 5 rings (SSSR count). The second-order valence-corrected chi connectivity index (χ2v) is 8.80. The molecule has 0 radical (unpaired) electrons. The van der Waals surface area contributed by atoms with Crippen molar-refractivity contribution in [2.75, 3.05) is 36.0 Å². The summed E-state index contributed by atoms with van der Waals surface area (Å²) in [5.74, 6) is 0.181. The molecule has 3 nitrogen and oxygen atoms in total. The highest BCUT2D eigenvalue weighted by molar-refractivity contribution is 6.13. The third kappa shape index (κ3) is 2.59. The van der Waals surface area contributed by atoms with Crippen molar-refractivity contribution in [3.05, 3.63) is 58.7 Å². The summed E-state index contributed by atoms with van der Waals surface area (Å²) in [5, 5.41) is 0. The molecule has 2 heterocycles. The van der Waals surface area contributed by atoms with Crippen LogP contribution in [0.2, 0.25) is 0 Å². The van der Waals surface area contributed by atoms with Crippen molar-refractivity contribution in [1.82, 2.24) is 0 Å². The normalized spacial score (nSPS) is 20.7. The molecule has 1 aliphatic carbocycles. The lowest BCUT2D eigenvalue weighted by Gasteiger charge is -2.36. The van der Waals surface area contributed by atoms with E-state index < -0.39 is 0 Å². The SMILES string of the molecule is CC1(C)c2cc(N3CCCC3)ccc2C(=O)c2ccc(N3CCCC3)cc21. The van der Waals surface area contributed by atoms with Gasteiger partial charge in [0.25, 0.3) is 0 Å². The van der Waals surface area contributed by atoms with E-state index in [9.17, 15) is 4.79 Å². The maximum Gasteiger partial charge on any atom is 0.193 e. The van der Waals surface area contributed by atoms with Gasteiger partial charge in [0.2, 0.25) is 0 Å². The van der Waals surface area contributed by atoms with Crippen molar-refractivity contribution in [2.45, 2.75) is 44.9 Å². The fraction of sp³-hybridized carbons (Fsp3) is 0.458. The monoisotopic (exact) mass is 360 g/mol. The lowest BCUT2D eigenvalue weighted by atomic mass is 9.68. The second-order valence-electron chi connectivity index (χ2n) is 8.80. The molecule has 2 aliphatic heterocycles. The first-order valence-electron chi connectivity index (χ1n) is 10.4. The fourth-order valence-corrected chi connectivity index (χ4v) is 5.13. The lowest BCUT2D eigenvalue weighted by molar-refractivity contribution is 0.103. The Morgan fingerprint density at radius 2 is 1.11 bits per heavy atom. The van der Waals surface area contributed by atoms with Crippen molar-refractivity contribution in [2.24, 2.45) is 0 Å². The zero-order chi connectivity index (χ0) is 18.6. The standard InChI is InChI=1S/C24H28N2O/c1-24(2)21-15-17(25-11-3-4-12-25)7-9-19(21)23(27)20-10-8-18(16-22(20)24)26-13-5-6-14-26/h7-10,15-16H,3-6,11-14H2,1-2H3. The van der Waals surface area contributed by atoms with E-state index in [0.717, 1.165) is 37.3 Å². The van der Waals surface area contributed by atoms with Gasteiger partial charge in [-0.2, -0.15) is 0 Å². The predicted molar refractivity (Wildman–Crippen MR) is 111 cm³/mol. The minimum Gasteiger partial charge on any atom is -0.372 e. The van der Waals surface area contributed by atoms with Crippen LogP contribution in [0.15, 0.2) is 36.4 Å². The van der Waals surface area contributed by atoms with Crippen LogP contribution in [-0.2, 0) is 5.41 Å². The molecule has 0 aromatic heterocycles. The first-order valence-corrected chi connectivity index (χ1v) is 10.4. The highest BCUT2D eigenvalue weighted by atomic mass is 16.1. The molecule has 0 saturated carbocycles. The molecule has 3 heteroatoms. The summed E-state index contributed by atoms with van der Waals surface area (Å²) in [5.41, 5.74) is 6.50. The van der Waals surface area contributed by atoms with Crippen LogP contribution in [0, 0.1) is 0 Å². The van der Waals surface area contributed by atoms with Crippen LogP contribution in [0.5, 0.6) is 0 Å². The minimum absolute atomic E-state index is 0.163. The Balaban J connectivity index is 1.61. The lowest BCUT2D eigenvalue weighted by Crippen LogP contribution is -2.32. The number of carbonyl (C=O) groups excluding carboxylic acids is 1. The van der Waals surface area contributed by atoms with Gasteiger partial charge in [0.05, 0.1) is 0 Å². The predicted octanol–water partition coefficient (Wildman–Crippen LogP) is 4.76. The van der Waals surface area contributed by atoms with Gasteiger partial charge in [-0.3, -0.25) is 4.79 Å². The molecule has 0 atom stereocenters. The van der Waals surface area contributed by atoms with Crippen molar-refractivity contribution < 1.29 is 4.79 Å². The third-order valence-corrected chi connectivity index (χ3v) is 6.78. The number of hydrogen-bond donors (Lipinski definition) is 0. The van der Waals surface area contributed by atoms with Gasteiger partial charge in [-0.1, -0.05) is 13.8 Å². The Kier molecular flexibility index (Phi) is 3.82. The van der Waals surface area contributed by atoms with Crippen molar-refractivity contribution in [3.63, 3.8) is 0 Å². The third-order valence-electron chi connectivity index (χ3n) is 6.78. The zero-order valence-electron chi connectivity index (χ0n) is 16.4. The first-order chi connectivity index (χ1) is 13.1. The van der Waals surface area contributed by atoms with Gasteiger partial charge in [-0.15, -0.1) is 0 Å². The van der Waals surface area contributed by atoms with E-state index >= 15 is 0 Å². The van der Waals surface area contributed by atoms with Crippen LogP contribution in [0.3, 0.4) is 0 Å². The first kappa shape index (κ1) is 16.9. The van der Waals surface area contributed by atoms with E-state index in [4.69, 9.17) is 0 Å². The molecule has 2 aromatic carbocycles. The number of benzene rings is 2. The second kappa shape index (κ2) is 6.12. The summed E-state index contributed by atoms with van der Waals surface area (Å²) in [6.45, 7) is 9.06. The van der Waals surface area contributed by atoms with Gasteiger partial charge in [0, 0.05) is 54.1 Å². The van der Waals surface area contributed by atoms with Crippen LogP contribution in [0.1, 0.15) is 66.6 Å². The van der Waals surface area contributed by atoms with E-state index in [2.05, 4.69) is 60.0 Å². The molecular formula is C24H28N2O. The fourth-order valence-electron chi connectivity index (χ4n) is 5.13. The number of ketones is 1. The van der Waals surface area contributed by atoms with Crippen LogP contribution < -0.4 is 9.80 Å². The highest BCUT2D eigenvalue weighted by Crippen LogP contribution is 2.44. The van der Waals surface area contributed by atoms with Crippen LogP contribution in [-0.4, -0.2) is 32.0 Å². The number of rotatable bonds is 2. The molecule has 3 aliphatic rings. The molecule has 140 valence electrons. The molecule has 0 spiro atoms. The van der Waals surface area contributed by atoms with Gasteiger partial charge < -0.3 is 9.80 Å². The average molecular weight is 361 g/mol. The maximum absolute atomic E-state index is 13.2. The molecule has 0 unspecified atom stereocenters. The Labute approximate surface area is 162 Å². The number of fused-ring (bicyclic) bond motifs is 2. The molecule has 27 heavy (non-hydrogen) atoms. The summed E-state index contributed by atoms with van der Waals surface area (Å²) in [4.78, 5) is 18.1. The summed E-state index contributed by atoms with van der Waals surface area (Å²) >= 11 is 0. The van der Waals surface area contributed by atoms with E-state index in [-0.39, 0.29) is 11.2 Å². The van der Waals surface area contributed by atoms with E-state index in [1.165, 1.54) is 48.2 Å². The molecule has 2 aromatic rings. The number of nitrogens with zero attached hydrogens (tertiary/aromatic N) is 2. The summed E-state index contributed by atoms with van der Waals surface area (Å²) in [7, 11) is 0. The number of carbonyl (C=O) groups is 1. The smallest absolute Gasteiger partial charge is 0.193 e. The largest absolute Gasteiger partial charge is 0.372 e. The number of anilines is 2. The number of hydrogen-bond acceptors (Lipinski definition) is 3. The summed E-state index contributed by atoms with van der Waals surface area (Å²) < 4.78 is 0. The Morgan fingerprint density at radius 3 is 1.52 bits per heavy atom. The average Bonchev–Trinajstić information content (AvgIpc) is 3.39. The quantitative estimate of drug-likeness (QED) is 0.772. The van der Waals surface area contributed by atoms with E-state index in [1.807, 2.05) is 0 Å². The maximum atomic E-state index is 13.2. The summed E-state index contributed by atoms with van der Waals surface area (Å²) in [6.07, 6.45) is 5.06. The van der Waals surface area contributed by atoms with Crippen molar-refractivity contribution in [3.8, 4) is 0 Å². The van der Waals surface area contributed by atoms with Gasteiger partial charge in [0.1, 0.15) is 0 Å². The topological polar surface area (TPSA) is 23.6 Å². The van der Waals surface area contributed by atoms with Crippen LogP contribution in [0.25, 0.3) is 0 Å². The Morgan fingerprint density at radius 1 is 0.704 bits per heavy atom.